The van der Waals surface area contributed by atoms with Crippen LogP contribution in [0.1, 0.15) is 16.8 Å². The average molecular weight is 303 g/mol. The molecule has 2 heterocycles. The van der Waals surface area contributed by atoms with Crippen molar-refractivity contribution in [3.8, 4) is 11.5 Å². The fourth-order valence-corrected chi connectivity index (χ4v) is 2.25. The Morgan fingerprint density at radius 1 is 1.50 bits per heavy atom. The third-order valence-electron chi connectivity index (χ3n) is 3.30. The maximum Gasteiger partial charge on any atom is 0.257 e. The Morgan fingerprint density at radius 2 is 2.36 bits per heavy atom. The maximum atomic E-state index is 12.2. The highest BCUT2D eigenvalue weighted by molar-refractivity contribution is 6.04. The van der Waals surface area contributed by atoms with Crippen LogP contribution in [0.3, 0.4) is 0 Å². The van der Waals surface area contributed by atoms with Crippen molar-refractivity contribution in [3.05, 3.63) is 36.0 Å². The molecule has 0 spiro atoms. The summed E-state index contributed by atoms with van der Waals surface area (Å²) in [6.07, 6.45) is 2.48. The van der Waals surface area contributed by atoms with Gasteiger partial charge >= 0.3 is 0 Å². The Kier molecular flexibility index (Phi) is 3.97. The number of phenolic OH excluding ortho intramolecular Hbond substituents is 1. The van der Waals surface area contributed by atoms with Crippen molar-refractivity contribution in [2.45, 2.75) is 12.5 Å². The molecule has 0 unspecified atom stereocenters. The smallest absolute Gasteiger partial charge is 0.257 e. The van der Waals surface area contributed by atoms with Gasteiger partial charge in [-0.25, -0.2) is 0 Å². The average Bonchev–Trinajstić information content (AvgIpc) is 3.10. The molecule has 1 atom stereocenters. The van der Waals surface area contributed by atoms with E-state index in [-0.39, 0.29) is 17.8 Å². The minimum atomic E-state index is -0.359. The number of aromatic hydroxyl groups is 1. The normalized spacial score (nSPS) is 17.4. The van der Waals surface area contributed by atoms with Crippen LogP contribution in [-0.4, -0.2) is 40.1 Å². The molecule has 0 saturated carbocycles. The lowest BCUT2D eigenvalue weighted by atomic mass is 10.2. The summed E-state index contributed by atoms with van der Waals surface area (Å²) in [5.74, 6) is 0.508. The Hall–Kier alpha value is -2.54. The molecule has 1 aromatic heterocycles. The highest BCUT2D eigenvalue weighted by Crippen LogP contribution is 2.25. The number of carbonyl (C=O) groups excluding carboxylic acids is 1. The number of nitrogens with one attached hydrogen (secondary N) is 1. The van der Waals surface area contributed by atoms with Crippen LogP contribution in [-0.2, 0) is 11.8 Å². The van der Waals surface area contributed by atoms with Crippen molar-refractivity contribution in [2.75, 3.05) is 18.5 Å². The number of ether oxygens (including phenoxy) is 2. The van der Waals surface area contributed by atoms with Crippen LogP contribution in [0, 0.1) is 0 Å². The van der Waals surface area contributed by atoms with Gasteiger partial charge in [0.15, 0.2) is 5.82 Å². The van der Waals surface area contributed by atoms with E-state index in [1.165, 1.54) is 12.1 Å². The summed E-state index contributed by atoms with van der Waals surface area (Å²) in [6, 6.07) is 6.15. The van der Waals surface area contributed by atoms with Gasteiger partial charge in [-0.3, -0.25) is 9.48 Å². The molecule has 1 aliphatic heterocycles. The fourth-order valence-electron chi connectivity index (χ4n) is 2.25. The van der Waals surface area contributed by atoms with E-state index >= 15 is 0 Å². The lowest BCUT2D eigenvalue weighted by Crippen LogP contribution is -2.17. The van der Waals surface area contributed by atoms with E-state index in [9.17, 15) is 9.90 Å². The minimum Gasteiger partial charge on any atom is -0.508 e. The first kappa shape index (κ1) is 14.4. The molecule has 0 radical (unpaired) electrons. The van der Waals surface area contributed by atoms with Crippen molar-refractivity contribution >= 4 is 11.7 Å². The molecule has 1 aliphatic rings. The molecule has 1 amide bonds. The molecule has 22 heavy (non-hydrogen) atoms. The van der Waals surface area contributed by atoms with Crippen molar-refractivity contribution in [2.24, 2.45) is 7.05 Å². The van der Waals surface area contributed by atoms with E-state index in [0.717, 1.165) is 6.42 Å². The van der Waals surface area contributed by atoms with Gasteiger partial charge < -0.3 is 19.9 Å². The van der Waals surface area contributed by atoms with Gasteiger partial charge in [0.05, 0.1) is 13.2 Å². The van der Waals surface area contributed by atoms with Gasteiger partial charge in [0.25, 0.3) is 5.91 Å². The number of amides is 1. The number of carbonyl (C=O) groups is 1. The Morgan fingerprint density at radius 3 is 3.05 bits per heavy atom. The summed E-state index contributed by atoms with van der Waals surface area (Å²) in [6.45, 7) is 1.18. The van der Waals surface area contributed by atoms with Crippen LogP contribution in [0.25, 0.3) is 0 Å². The molecule has 0 aliphatic carbocycles. The summed E-state index contributed by atoms with van der Waals surface area (Å²) in [5.41, 5.74) is 0.305. The van der Waals surface area contributed by atoms with E-state index in [4.69, 9.17) is 9.47 Å². The quantitative estimate of drug-likeness (QED) is 0.895. The van der Waals surface area contributed by atoms with Crippen LogP contribution >= 0.6 is 0 Å². The first-order valence-electron chi connectivity index (χ1n) is 6.99. The number of hydrogen-bond donors (Lipinski definition) is 2. The topological polar surface area (TPSA) is 85.6 Å². The van der Waals surface area contributed by atoms with E-state index in [1.807, 2.05) is 0 Å². The molecule has 7 nitrogen and oxygen atoms in total. The molecule has 1 fully saturated rings. The molecule has 116 valence electrons. The third-order valence-corrected chi connectivity index (χ3v) is 3.30. The Labute approximate surface area is 127 Å². The summed E-state index contributed by atoms with van der Waals surface area (Å²) < 4.78 is 12.5. The number of nitrogens with zero attached hydrogens (tertiary/aromatic N) is 2. The second-order valence-corrected chi connectivity index (χ2v) is 5.15. The van der Waals surface area contributed by atoms with Gasteiger partial charge in [0.2, 0.25) is 0 Å². The van der Waals surface area contributed by atoms with Crippen molar-refractivity contribution in [3.63, 3.8) is 0 Å². The molecule has 7 heteroatoms. The number of hydrogen-bond acceptors (Lipinski definition) is 5. The predicted molar refractivity (Wildman–Crippen MR) is 79.1 cm³/mol. The van der Waals surface area contributed by atoms with Crippen LogP contribution in [0.2, 0.25) is 0 Å². The van der Waals surface area contributed by atoms with Gasteiger partial charge in [-0.2, -0.15) is 5.10 Å². The van der Waals surface area contributed by atoms with Gasteiger partial charge in [-0.05, 0) is 12.1 Å². The summed E-state index contributed by atoms with van der Waals surface area (Å²) in [4.78, 5) is 12.2. The van der Waals surface area contributed by atoms with E-state index in [0.29, 0.717) is 30.3 Å². The number of aryl methyl sites for hydroxylation is 1. The van der Waals surface area contributed by atoms with E-state index in [2.05, 4.69) is 10.4 Å². The van der Waals surface area contributed by atoms with Crippen molar-refractivity contribution < 1.29 is 19.4 Å². The zero-order chi connectivity index (χ0) is 15.5. The number of aromatic nitrogens is 2. The summed E-state index contributed by atoms with van der Waals surface area (Å²) >= 11 is 0. The van der Waals surface area contributed by atoms with Gasteiger partial charge in [-0.1, -0.05) is 0 Å². The van der Waals surface area contributed by atoms with Crippen LogP contribution in [0.4, 0.5) is 5.82 Å². The molecule has 1 saturated heterocycles. The fraction of sp³-hybridized carbons (Fsp3) is 0.333. The lowest BCUT2D eigenvalue weighted by molar-refractivity contribution is 0.102. The lowest BCUT2D eigenvalue weighted by Gasteiger charge is -2.13. The van der Waals surface area contributed by atoms with Crippen LogP contribution < -0.4 is 10.1 Å². The third kappa shape index (κ3) is 3.37. The maximum absolute atomic E-state index is 12.2. The molecular formula is C15H17N3O4. The zero-order valence-electron chi connectivity index (χ0n) is 12.2. The first-order chi connectivity index (χ1) is 10.6. The largest absolute Gasteiger partial charge is 0.508 e. The van der Waals surface area contributed by atoms with E-state index < -0.39 is 0 Å². The van der Waals surface area contributed by atoms with Crippen molar-refractivity contribution in [1.82, 2.24) is 9.78 Å². The van der Waals surface area contributed by atoms with Gasteiger partial charge in [-0.15, -0.1) is 0 Å². The van der Waals surface area contributed by atoms with Crippen LogP contribution in [0.5, 0.6) is 11.5 Å². The molecule has 0 bridgehead atoms. The number of anilines is 1. The summed E-state index contributed by atoms with van der Waals surface area (Å²) in [5, 5.41) is 16.5. The number of benzene rings is 1. The molecule has 2 aromatic rings. The highest BCUT2D eigenvalue weighted by atomic mass is 16.5. The predicted octanol–water partition coefficient (Wildman–Crippen LogP) is 1.55. The molecule has 2 N–H and O–H groups in total. The van der Waals surface area contributed by atoms with Gasteiger partial charge in [0, 0.05) is 37.4 Å². The SMILES string of the molecule is Cn1ccc(NC(=O)c2cc(O)cc(O[C@@H]3CCOC3)c2)n1. The Balaban J connectivity index is 1.74. The number of phenols is 1. The summed E-state index contributed by atoms with van der Waals surface area (Å²) in [7, 11) is 1.76. The highest BCUT2D eigenvalue weighted by Gasteiger charge is 2.18. The standard InChI is InChI=1S/C15H17N3O4/c1-18-4-2-14(17-18)16-15(20)10-6-11(19)8-13(7-10)22-12-3-5-21-9-12/h2,4,6-8,12,19H,3,5,9H2,1H3,(H,16,17,20)/t12-/m1/s1. The first-order valence-corrected chi connectivity index (χ1v) is 6.99. The monoisotopic (exact) mass is 303 g/mol. The second-order valence-electron chi connectivity index (χ2n) is 5.15. The zero-order valence-corrected chi connectivity index (χ0v) is 12.2. The molecular weight excluding hydrogens is 286 g/mol. The van der Waals surface area contributed by atoms with Crippen molar-refractivity contribution in [1.29, 1.82) is 0 Å². The van der Waals surface area contributed by atoms with Crippen LogP contribution in [0.15, 0.2) is 30.5 Å². The van der Waals surface area contributed by atoms with Gasteiger partial charge in [0.1, 0.15) is 17.6 Å². The second kappa shape index (κ2) is 6.07. The molecule has 3 rings (SSSR count). The molecule has 1 aromatic carbocycles. The van der Waals surface area contributed by atoms with E-state index in [1.54, 1.807) is 30.1 Å². The Bertz CT molecular complexity index is 677. The number of rotatable bonds is 4. The minimum absolute atomic E-state index is 0.0254.